The van der Waals surface area contributed by atoms with Crippen molar-refractivity contribution in [2.45, 2.75) is 32.4 Å². The second-order valence-corrected chi connectivity index (χ2v) is 5.80. The topological polar surface area (TPSA) is 28.2 Å². The first kappa shape index (κ1) is 13.5. The number of likely N-dealkylation sites (tertiary alicyclic amines) is 1. The number of fused-ring (bicyclic) bond motifs is 1. The highest BCUT2D eigenvalue weighted by Gasteiger charge is 2.23. The largest absolute Gasteiger partial charge is 0.318 e. The van der Waals surface area contributed by atoms with E-state index in [1.165, 1.54) is 30.3 Å². The molecule has 2 heterocycles. The van der Waals surface area contributed by atoms with Gasteiger partial charge in [0, 0.05) is 30.2 Å². The fourth-order valence-electron chi connectivity index (χ4n) is 3.18. The van der Waals surface area contributed by atoms with Crippen molar-refractivity contribution >= 4 is 10.9 Å². The molecule has 1 atom stereocenters. The number of pyridine rings is 1. The van der Waals surface area contributed by atoms with Crippen LogP contribution in [0.1, 0.15) is 24.1 Å². The highest BCUT2D eigenvalue weighted by molar-refractivity contribution is 5.79. The average molecular weight is 269 g/mol. The molecule has 1 aromatic heterocycles. The maximum absolute atomic E-state index is 4.57. The number of rotatable bonds is 4. The van der Waals surface area contributed by atoms with Crippen LogP contribution in [0.2, 0.25) is 0 Å². The minimum Gasteiger partial charge on any atom is -0.318 e. The first-order chi connectivity index (χ1) is 9.76. The molecule has 0 bridgehead atoms. The van der Waals surface area contributed by atoms with Gasteiger partial charge < -0.3 is 5.32 Å². The fraction of sp³-hybridized carbons (Fsp3) is 0.471. The highest BCUT2D eigenvalue weighted by Crippen LogP contribution is 2.21. The number of likely N-dealkylation sites (N-methyl/N-ethyl adjacent to an activating group) is 1. The van der Waals surface area contributed by atoms with Gasteiger partial charge in [-0.3, -0.25) is 9.88 Å². The summed E-state index contributed by atoms with van der Waals surface area (Å²) in [6.07, 6.45) is 2.63. The van der Waals surface area contributed by atoms with Gasteiger partial charge in [-0.2, -0.15) is 0 Å². The van der Waals surface area contributed by atoms with E-state index in [1.54, 1.807) is 0 Å². The van der Waals surface area contributed by atoms with Crippen LogP contribution >= 0.6 is 0 Å². The van der Waals surface area contributed by atoms with Gasteiger partial charge in [-0.05, 0) is 57.1 Å². The SMILES string of the molecule is CNCC1CCCN1Cc1ccc2nc(C)ccc2c1. The van der Waals surface area contributed by atoms with Crippen LogP contribution in [0.4, 0.5) is 0 Å². The maximum atomic E-state index is 4.57. The molecule has 1 aromatic carbocycles. The molecular weight excluding hydrogens is 246 g/mol. The number of aromatic nitrogens is 1. The van der Waals surface area contributed by atoms with E-state index in [4.69, 9.17) is 0 Å². The number of benzene rings is 1. The van der Waals surface area contributed by atoms with Crippen LogP contribution in [-0.2, 0) is 6.54 Å². The Morgan fingerprint density at radius 2 is 2.20 bits per heavy atom. The molecule has 1 N–H and O–H groups in total. The van der Waals surface area contributed by atoms with E-state index in [1.807, 2.05) is 14.0 Å². The second kappa shape index (κ2) is 5.90. The van der Waals surface area contributed by atoms with Gasteiger partial charge in [-0.1, -0.05) is 12.1 Å². The van der Waals surface area contributed by atoms with Crippen LogP contribution in [0.15, 0.2) is 30.3 Å². The minimum absolute atomic E-state index is 0.687. The Labute approximate surface area is 121 Å². The molecule has 106 valence electrons. The lowest BCUT2D eigenvalue weighted by Crippen LogP contribution is -2.36. The second-order valence-electron chi connectivity index (χ2n) is 5.80. The summed E-state index contributed by atoms with van der Waals surface area (Å²) in [5, 5.41) is 4.56. The number of hydrogen-bond acceptors (Lipinski definition) is 3. The monoisotopic (exact) mass is 269 g/mol. The van der Waals surface area contributed by atoms with Crippen molar-refractivity contribution in [2.75, 3.05) is 20.1 Å². The van der Waals surface area contributed by atoms with E-state index < -0.39 is 0 Å². The zero-order valence-corrected chi connectivity index (χ0v) is 12.4. The Hall–Kier alpha value is -1.45. The van der Waals surface area contributed by atoms with Crippen LogP contribution < -0.4 is 5.32 Å². The Morgan fingerprint density at radius 1 is 1.30 bits per heavy atom. The summed E-state index contributed by atoms with van der Waals surface area (Å²) < 4.78 is 0. The van der Waals surface area contributed by atoms with Gasteiger partial charge >= 0.3 is 0 Å². The highest BCUT2D eigenvalue weighted by atomic mass is 15.2. The van der Waals surface area contributed by atoms with Gasteiger partial charge in [0.05, 0.1) is 5.52 Å². The summed E-state index contributed by atoms with van der Waals surface area (Å²) in [5.74, 6) is 0. The normalized spacial score (nSPS) is 19.8. The van der Waals surface area contributed by atoms with Crippen LogP contribution in [0.25, 0.3) is 10.9 Å². The molecule has 2 aromatic rings. The van der Waals surface area contributed by atoms with Crippen LogP contribution in [0.5, 0.6) is 0 Å². The molecule has 1 unspecified atom stereocenters. The van der Waals surface area contributed by atoms with E-state index >= 15 is 0 Å². The van der Waals surface area contributed by atoms with Gasteiger partial charge in [-0.15, -0.1) is 0 Å². The molecule has 3 nitrogen and oxygen atoms in total. The molecule has 3 rings (SSSR count). The van der Waals surface area contributed by atoms with Crippen molar-refractivity contribution in [3.8, 4) is 0 Å². The lowest BCUT2D eigenvalue weighted by Gasteiger charge is -2.24. The summed E-state index contributed by atoms with van der Waals surface area (Å²) in [5.41, 5.74) is 3.58. The van der Waals surface area contributed by atoms with Crippen LogP contribution in [-0.4, -0.2) is 36.1 Å². The van der Waals surface area contributed by atoms with Crippen LogP contribution in [0, 0.1) is 6.92 Å². The van der Waals surface area contributed by atoms with Crippen molar-refractivity contribution in [1.82, 2.24) is 15.2 Å². The lowest BCUT2D eigenvalue weighted by molar-refractivity contribution is 0.242. The van der Waals surface area contributed by atoms with Gasteiger partial charge in [0.25, 0.3) is 0 Å². The molecule has 1 aliphatic heterocycles. The summed E-state index contributed by atoms with van der Waals surface area (Å²) in [6, 6.07) is 11.6. The van der Waals surface area contributed by atoms with E-state index in [0.717, 1.165) is 24.3 Å². The van der Waals surface area contributed by atoms with Gasteiger partial charge in [-0.25, -0.2) is 0 Å². The van der Waals surface area contributed by atoms with Crippen molar-refractivity contribution in [3.05, 3.63) is 41.6 Å². The predicted octanol–water partition coefficient (Wildman–Crippen LogP) is 2.73. The molecule has 20 heavy (non-hydrogen) atoms. The molecule has 3 heteroatoms. The van der Waals surface area contributed by atoms with Crippen molar-refractivity contribution < 1.29 is 0 Å². The molecular formula is C17H23N3. The smallest absolute Gasteiger partial charge is 0.0705 e. The average Bonchev–Trinajstić information content (AvgIpc) is 2.87. The van der Waals surface area contributed by atoms with Crippen molar-refractivity contribution in [2.24, 2.45) is 0 Å². The Morgan fingerprint density at radius 3 is 3.05 bits per heavy atom. The Kier molecular flexibility index (Phi) is 3.99. The van der Waals surface area contributed by atoms with Crippen LogP contribution in [0.3, 0.4) is 0 Å². The fourth-order valence-corrected chi connectivity index (χ4v) is 3.18. The zero-order valence-electron chi connectivity index (χ0n) is 12.4. The number of aryl methyl sites for hydroxylation is 1. The lowest BCUT2D eigenvalue weighted by atomic mass is 10.1. The first-order valence-corrected chi connectivity index (χ1v) is 7.51. The van der Waals surface area contributed by atoms with Crippen molar-refractivity contribution in [3.63, 3.8) is 0 Å². The molecule has 0 saturated carbocycles. The maximum Gasteiger partial charge on any atom is 0.0705 e. The molecule has 0 amide bonds. The first-order valence-electron chi connectivity index (χ1n) is 7.51. The minimum atomic E-state index is 0.687. The van der Waals surface area contributed by atoms with Gasteiger partial charge in [0.1, 0.15) is 0 Å². The summed E-state index contributed by atoms with van der Waals surface area (Å²) in [4.78, 5) is 7.17. The van der Waals surface area contributed by atoms with E-state index in [-0.39, 0.29) is 0 Å². The zero-order chi connectivity index (χ0) is 13.9. The third kappa shape index (κ3) is 2.84. The number of nitrogens with one attached hydrogen (secondary N) is 1. The van der Waals surface area contributed by atoms with E-state index in [0.29, 0.717) is 6.04 Å². The summed E-state index contributed by atoms with van der Waals surface area (Å²) in [7, 11) is 2.04. The summed E-state index contributed by atoms with van der Waals surface area (Å²) >= 11 is 0. The number of nitrogens with zero attached hydrogens (tertiary/aromatic N) is 2. The molecule has 0 radical (unpaired) electrons. The number of hydrogen-bond donors (Lipinski definition) is 1. The molecule has 0 aliphatic carbocycles. The van der Waals surface area contributed by atoms with Crippen molar-refractivity contribution in [1.29, 1.82) is 0 Å². The molecule has 0 spiro atoms. The Bertz CT molecular complexity index is 594. The molecule has 1 saturated heterocycles. The van der Waals surface area contributed by atoms with Gasteiger partial charge in [0.15, 0.2) is 0 Å². The molecule has 1 aliphatic rings. The summed E-state index contributed by atoms with van der Waals surface area (Å²) in [6.45, 7) is 5.40. The predicted molar refractivity (Wildman–Crippen MR) is 83.8 cm³/mol. The standard InChI is InChI=1S/C17H23N3/c1-13-5-7-15-10-14(6-8-17(15)19-13)12-20-9-3-4-16(20)11-18-2/h5-8,10,16,18H,3-4,9,11-12H2,1-2H3. The third-order valence-corrected chi connectivity index (χ3v) is 4.22. The Balaban J connectivity index is 1.78. The quantitative estimate of drug-likeness (QED) is 0.925. The van der Waals surface area contributed by atoms with E-state index in [2.05, 4.69) is 45.5 Å². The third-order valence-electron chi connectivity index (χ3n) is 4.22. The molecule has 1 fully saturated rings. The van der Waals surface area contributed by atoms with E-state index in [9.17, 15) is 0 Å². The van der Waals surface area contributed by atoms with Gasteiger partial charge in [0.2, 0.25) is 0 Å².